The Balaban J connectivity index is 1.23. The summed E-state index contributed by atoms with van der Waals surface area (Å²) in [6.07, 6.45) is 5.40. The molecule has 24 heavy (non-hydrogen) atoms. The van der Waals surface area contributed by atoms with Crippen molar-refractivity contribution in [1.82, 2.24) is 9.97 Å². The van der Waals surface area contributed by atoms with Crippen molar-refractivity contribution in [3.8, 4) is 0 Å². The second kappa shape index (κ2) is 5.26. The number of rotatable bonds is 3. The maximum atomic E-state index is 10.5. The van der Waals surface area contributed by atoms with Crippen LogP contribution in [0.4, 0.5) is 5.69 Å². The Labute approximate surface area is 144 Å². The second-order valence-corrected chi connectivity index (χ2v) is 8.15. The lowest BCUT2D eigenvalue weighted by molar-refractivity contribution is -0.0509. The highest BCUT2D eigenvalue weighted by atomic mass is 32.1. The van der Waals surface area contributed by atoms with E-state index in [-0.39, 0.29) is 6.10 Å². The van der Waals surface area contributed by atoms with Crippen molar-refractivity contribution in [1.29, 1.82) is 0 Å². The number of aliphatic hydroxyl groups excluding tert-OH is 1. The van der Waals surface area contributed by atoms with Crippen LogP contribution in [0.1, 0.15) is 24.5 Å². The molecule has 2 aromatic heterocycles. The highest BCUT2D eigenvalue weighted by Gasteiger charge is 2.54. The molecule has 2 fully saturated rings. The topological polar surface area (TPSA) is 49.3 Å². The second-order valence-electron chi connectivity index (χ2n) is 7.26. The number of hydrogen-bond donors (Lipinski definition) is 1. The van der Waals surface area contributed by atoms with Gasteiger partial charge < -0.3 is 10.0 Å². The lowest BCUT2D eigenvalue weighted by Gasteiger charge is -2.60. The molecular weight excluding hydrogens is 318 g/mol. The smallest absolute Gasteiger partial charge is 0.0833 e. The molecule has 0 radical (unpaired) electrons. The molecule has 0 bridgehead atoms. The van der Waals surface area contributed by atoms with Crippen LogP contribution in [-0.2, 0) is 0 Å². The Morgan fingerprint density at radius 1 is 1.25 bits per heavy atom. The molecule has 1 spiro atoms. The molecule has 5 rings (SSSR count). The van der Waals surface area contributed by atoms with E-state index in [9.17, 15) is 5.11 Å². The van der Waals surface area contributed by atoms with Crippen molar-refractivity contribution in [3.05, 3.63) is 53.8 Å². The molecule has 1 aliphatic carbocycles. The molecule has 1 saturated carbocycles. The maximum absolute atomic E-state index is 10.5. The Hall–Kier alpha value is -1.98. The number of fused-ring (bicyclic) bond motifs is 1. The van der Waals surface area contributed by atoms with E-state index < -0.39 is 0 Å². The summed E-state index contributed by atoms with van der Waals surface area (Å²) in [7, 11) is 0. The van der Waals surface area contributed by atoms with Crippen LogP contribution < -0.4 is 4.90 Å². The van der Waals surface area contributed by atoms with Crippen molar-refractivity contribution >= 4 is 27.2 Å². The zero-order valence-electron chi connectivity index (χ0n) is 13.3. The van der Waals surface area contributed by atoms with Crippen LogP contribution in [0.25, 0.3) is 10.2 Å². The lowest BCUT2D eigenvalue weighted by atomic mass is 9.56. The van der Waals surface area contributed by atoms with E-state index in [2.05, 4.69) is 33.1 Å². The van der Waals surface area contributed by atoms with Gasteiger partial charge in [-0.1, -0.05) is 6.07 Å². The number of thiazole rings is 1. The number of nitrogens with zero attached hydrogens (tertiary/aromatic N) is 3. The molecule has 1 atom stereocenters. The van der Waals surface area contributed by atoms with Crippen LogP contribution in [-0.4, -0.2) is 28.2 Å². The molecule has 4 nitrogen and oxygen atoms in total. The molecule has 3 aromatic rings. The third kappa shape index (κ3) is 2.23. The van der Waals surface area contributed by atoms with E-state index in [1.807, 2.05) is 17.6 Å². The van der Waals surface area contributed by atoms with Gasteiger partial charge in [0.2, 0.25) is 0 Å². The van der Waals surface area contributed by atoms with E-state index in [4.69, 9.17) is 0 Å². The van der Waals surface area contributed by atoms with Gasteiger partial charge in [-0.25, -0.2) is 4.98 Å². The standard InChI is InChI=1S/C19H19N3OS/c23-18(13-2-1-5-20-9-13)14-7-19(8-14)10-22(11-19)15-3-4-16-17(6-15)24-12-21-16/h1-6,9,12,14,18,23H,7-8,10-11H2. The number of anilines is 1. The number of aromatic nitrogens is 2. The number of hydrogen-bond acceptors (Lipinski definition) is 5. The molecule has 122 valence electrons. The fourth-order valence-electron chi connectivity index (χ4n) is 4.34. The third-order valence-electron chi connectivity index (χ3n) is 5.60. The molecule has 5 heteroatoms. The van der Waals surface area contributed by atoms with Crippen LogP contribution in [0.2, 0.25) is 0 Å². The molecule has 1 N–H and O–H groups in total. The first-order chi connectivity index (χ1) is 11.7. The Bertz CT molecular complexity index is 864. The quantitative estimate of drug-likeness (QED) is 0.793. The molecule has 1 aliphatic heterocycles. The normalized spacial score (nSPS) is 20.8. The summed E-state index contributed by atoms with van der Waals surface area (Å²) >= 11 is 1.70. The van der Waals surface area contributed by atoms with Crippen LogP contribution in [0.15, 0.2) is 48.2 Å². The summed E-state index contributed by atoms with van der Waals surface area (Å²) < 4.78 is 1.26. The van der Waals surface area contributed by atoms with E-state index in [1.54, 1.807) is 23.7 Å². The summed E-state index contributed by atoms with van der Waals surface area (Å²) in [6.45, 7) is 2.21. The highest BCUT2D eigenvalue weighted by molar-refractivity contribution is 7.16. The number of pyridine rings is 1. The molecular formula is C19H19N3OS. The fourth-order valence-corrected chi connectivity index (χ4v) is 5.05. The van der Waals surface area contributed by atoms with Crippen molar-refractivity contribution in [2.45, 2.75) is 18.9 Å². The summed E-state index contributed by atoms with van der Waals surface area (Å²) in [5, 5.41) is 10.5. The van der Waals surface area contributed by atoms with Gasteiger partial charge >= 0.3 is 0 Å². The summed E-state index contributed by atoms with van der Waals surface area (Å²) in [5.74, 6) is 0.375. The molecule has 1 aromatic carbocycles. The third-order valence-corrected chi connectivity index (χ3v) is 6.39. The van der Waals surface area contributed by atoms with E-state index in [0.717, 1.165) is 37.0 Å². The SMILES string of the molecule is OC(c1cccnc1)C1CC2(C1)CN(c1ccc3ncsc3c1)C2. The van der Waals surface area contributed by atoms with Crippen LogP contribution in [0.3, 0.4) is 0 Å². The van der Waals surface area contributed by atoms with Crippen molar-refractivity contribution in [2.24, 2.45) is 11.3 Å². The van der Waals surface area contributed by atoms with E-state index in [1.165, 1.54) is 10.4 Å². The van der Waals surface area contributed by atoms with Gasteiger partial charge in [-0.2, -0.15) is 0 Å². The van der Waals surface area contributed by atoms with Crippen molar-refractivity contribution < 1.29 is 5.11 Å². The Morgan fingerprint density at radius 2 is 2.12 bits per heavy atom. The largest absolute Gasteiger partial charge is 0.388 e. The predicted molar refractivity (Wildman–Crippen MR) is 96.2 cm³/mol. The minimum Gasteiger partial charge on any atom is -0.388 e. The monoisotopic (exact) mass is 337 g/mol. The van der Waals surface area contributed by atoms with Gasteiger partial charge in [-0.15, -0.1) is 11.3 Å². The molecule has 1 saturated heterocycles. The van der Waals surface area contributed by atoms with Gasteiger partial charge in [0.15, 0.2) is 0 Å². The molecule has 3 heterocycles. The van der Waals surface area contributed by atoms with Crippen LogP contribution in [0.5, 0.6) is 0 Å². The van der Waals surface area contributed by atoms with Gasteiger partial charge in [0.25, 0.3) is 0 Å². The maximum Gasteiger partial charge on any atom is 0.0833 e. The molecule has 0 amide bonds. The minimum absolute atomic E-state index is 0.369. The van der Waals surface area contributed by atoms with E-state index >= 15 is 0 Å². The zero-order chi connectivity index (χ0) is 16.1. The fraction of sp³-hybridized carbons (Fsp3) is 0.368. The molecule has 1 unspecified atom stereocenters. The highest BCUT2D eigenvalue weighted by Crippen LogP contribution is 2.56. The van der Waals surface area contributed by atoms with Crippen LogP contribution in [0, 0.1) is 11.3 Å². The average Bonchev–Trinajstić information content (AvgIpc) is 3.00. The van der Waals surface area contributed by atoms with Gasteiger partial charge in [0, 0.05) is 36.6 Å². The first-order valence-electron chi connectivity index (χ1n) is 8.39. The van der Waals surface area contributed by atoms with E-state index in [0.29, 0.717) is 11.3 Å². The average molecular weight is 337 g/mol. The minimum atomic E-state index is -0.369. The Kier molecular flexibility index (Phi) is 3.15. The van der Waals surface area contributed by atoms with Crippen LogP contribution >= 0.6 is 11.3 Å². The number of aliphatic hydroxyl groups is 1. The first kappa shape index (κ1) is 14.4. The first-order valence-corrected chi connectivity index (χ1v) is 9.27. The lowest BCUT2D eigenvalue weighted by Crippen LogP contribution is -2.63. The van der Waals surface area contributed by atoms with Crippen molar-refractivity contribution in [2.75, 3.05) is 18.0 Å². The number of benzene rings is 1. The summed E-state index contributed by atoms with van der Waals surface area (Å²) in [5.41, 5.74) is 5.65. The van der Waals surface area contributed by atoms with Crippen molar-refractivity contribution in [3.63, 3.8) is 0 Å². The summed E-state index contributed by atoms with van der Waals surface area (Å²) in [4.78, 5) is 10.9. The van der Waals surface area contributed by atoms with Gasteiger partial charge in [0.1, 0.15) is 0 Å². The Morgan fingerprint density at radius 3 is 2.92 bits per heavy atom. The van der Waals surface area contributed by atoms with Gasteiger partial charge in [-0.3, -0.25) is 4.98 Å². The summed E-state index contributed by atoms with van der Waals surface area (Å²) in [6, 6.07) is 10.4. The predicted octanol–water partition coefficient (Wildman–Crippen LogP) is 3.64. The zero-order valence-corrected chi connectivity index (χ0v) is 14.1. The van der Waals surface area contributed by atoms with Gasteiger partial charge in [0.05, 0.1) is 21.8 Å². The van der Waals surface area contributed by atoms with Gasteiger partial charge in [-0.05, 0) is 48.6 Å². The molecule has 2 aliphatic rings.